The minimum Gasteiger partial charge on any atom is -0.398 e. The number of pyridine rings is 1. The van der Waals surface area contributed by atoms with Crippen LogP contribution in [0.15, 0.2) is 18.5 Å². The van der Waals surface area contributed by atoms with E-state index in [-0.39, 0.29) is 5.78 Å². The number of nitrogen functional groups attached to an aromatic ring is 1. The molecule has 1 aromatic heterocycles. The molecule has 1 aromatic rings. The first kappa shape index (κ1) is 9.67. The lowest BCUT2D eigenvalue weighted by Gasteiger charge is -2.17. The first-order valence-electron chi connectivity index (χ1n) is 3.96. The molecule has 0 aliphatic heterocycles. The van der Waals surface area contributed by atoms with Crippen LogP contribution in [-0.2, 0) is 0 Å². The lowest BCUT2D eigenvalue weighted by molar-refractivity contribution is 0.0914. The topological polar surface area (TPSA) is 82.0 Å². The van der Waals surface area contributed by atoms with Gasteiger partial charge in [0.05, 0.1) is 11.1 Å². The van der Waals surface area contributed by atoms with Crippen molar-refractivity contribution in [3.05, 3.63) is 24.0 Å². The average molecular weight is 179 g/mol. The quantitative estimate of drug-likeness (QED) is 0.651. The van der Waals surface area contributed by atoms with Crippen molar-refractivity contribution in [2.24, 2.45) is 5.73 Å². The van der Waals surface area contributed by atoms with Crippen LogP contribution >= 0.6 is 0 Å². The van der Waals surface area contributed by atoms with Crippen LogP contribution in [0.5, 0.6) is 0 Å². The second-order valence-electron chi connectivity index (χ2n) is 3.51. The van der Waals surface area contributed by atoms with Crippen molar-refractivity contribution < 1.29 is 4.79 Å². The summed E-state index contributed by atoms with van der Waals surface area (Å²) in [5, 5.41) is 0. The van der Waals surface area contributed by atoms with E-state index < -0.39 is 5.54 Å². The fourth-order valence-corrected chi connectivity index (χ4v) is 0.942. The lowest BCUT2D eigenvalue weighted by Crippen LogP contribution is -2.41. The maximum atomic E-state index is 11.6. The number of nitrogens with two attached hydrogens (primary N) is 2. The highest BCUT2D eigenvalue weighted by molar-refractivity contribution is 6.05. The number of aromatic nitrogens is 1. The first-order valence-corrected chi connectivity index (χ1v) is 3.96. The van der Waals surface area contributed by atoms with E-state index in [2.05, 4.69) is 4.98 Å². The summed E-state index contributed by atoms with van der Waals surface area (Å²) < 4.78 is 0. The predicted octanol–water partition coefficient (Wildman–Crippen LogP) is 0.584. The van der Waals surface area contributed by atoms with Crippen molar-refractivity contribution in [1.82, 2.24) is 4.98 Å². The molecule has 0 bridgehead atoms. The molecule has 0 radical (unpaired) electrons. The van der Waals surface area contributed by atoms with E-state index in [9.17, 15) is 4.79 Å². The highest BCUT2D eigenvalue weighted by Gasteiger charge is 2.25. The van der Waals surface area contributed by atoms with Gasteiger partial charge in [0, 0.05) is 18.1 Å². The highest BCUT2D eigenvalue weighted by Crippen LogP contribution is 2.15. The Hall–Kier alpha value is -1.42. The second kappa shape index (κ2) is 3.14. The summed E-state index contributed by atoms with van der Waals surface area (Å²) in [5.74, 6) is -0.196. The van der Waals surface area contributed by atoms with E-state index in [1.807, 2.05) is 0 Å². The number of carbonyl (C=O) groups is 1. The second-order valence-corrected chi connectivity index (χ2v) is 3.51. The number of carbonyl (C=O) groups excluding carboxylic acids is 1. The standard InChI is InChI=1S/C9H13N3O/c1-9(2,11)8(13)6-5-12-4-3-7(6)10/h3-5H,11H2,1-2H3,(H2,10,12). The van der Waals surface area contributed by atoms with E-state index in [1.54, 1.807) is 19.9 Å². The number of rotatable bonds is 2. The summed E-state index contributed by atoms with van der Waals surface area (Å²) in [4.78, 5) is 15.5. The van der Waals surface area contributed by atoms with Gasteiger partial charge in [-0.3, -0.25) is 9.78 Å². The van der Waals surface area contributed by atoms with Crippen LogP contribution in [0.25, 0.3) is 0 Å². The van der Waals surface area contributed by atoms with E-state index >= 15 is 0 Å². The Kier molecular flexibility index (Phi) is 2.34. The van der Waals surface area contributed by atoms with Crippen molar-refractivity contribution in [2.75, 3.05) is 5.73 Å². The molecule has 0 saturated carbocycles. The van der Waals surface area contributed by atoms with Gasteiger partial charge in [-0.05, 0) is 19.9 Å². The van der Waals surface area contributed by atoms with Crippen LogP contribution in [0, 0.1) is 0 Å². The Bertz CT molecular complexity index is 328. The normalized spacial score (nSPS) is 11.3. The molecule has 4 heteroatoms. The molecule has 0 unspecified atom stereocenters. The molecule has 1 heterocycles. The van der Waals surface area contributed by atoms with Gasteiger partial charge in [-0.25, -0.2) is 0 Å². The van der Waals surface area contributed by atoms with Crippen molar-refractivity contribution in [1.29, 1.82) is 0 Å². The number of nitrogens with zero attached hydrogens (tertiary/aromatic N) is 1. The minimum atomic E-state index is -0.906. The smallest absolute Gasteiger partial charge is 0.185 e. The molecular weight excluding hydrogens is 166 g/mol. The van der Waals surface area contributed by atoms with Crippen molar-refractivity contribution >= 4 is 11.5 Å². The summed E-state index contributed by atoms with van der Waals surface area (Å²) in [6, 6.07) is 1.58. The van der Waals surface area contributed by atoms with Gasteiger partial charge in [0.1, 0.15) is 0 Å². The number of hydrogen-bond donors (Lipinski definition) is 2. The van der Waals surface area contributed by atoms with Crippen LogP contribution in [0.4, 0.5) is 5.69 Å². The molecule has 13 heavy (non-hydrogen) atoms. The van der Waals surface area contributed by atoms with Crippen molar-refractivity contribution in [3.63, 3.8) is 0 Å². The zero-order valence-corrected chi connectivity index (χ0v) is 7.74. The maximum Gasteiger partial charge on any atom is 0.185 e. The Morgan fingerprint density at radius 2 is 2.15 bits per heavy atom. The molecule has 0 fully saturated rings. The Morgan fingerprint density at radius 3 is 2.62 bits per heavy atom. The molecule has 0 saturated heterocycles. The monoisotopic (exact) mass is 179 g/mol. The number of Topliss-reactive ketones (excluding diaryl/α,β-unsaturated/α-hetero) is 1. The molecule has 0 atom stereocenters. The Morgan fingerprint density at radius 1 is 1.54 bits per heavy atom. The minimum absolute atomic E-state index is 0.196. The molecule has 0 spiro atoms. The summed E-state index contributed by atoms with van der Waals surface area (Å²) in [6.45, 7) is 3.28. The van der Waals surface area contributed by atoms with Gasteiger partial charge in [0.2, 0.25) is 0 Å². The zero-order valence-electron chi connectivity index (χ0n) is 7.74. The largest absolute Gasteiger partial charge is 0.398 e. The summed E-state index contributed by atoms with van der Waals surface area (Å²) in [7, 11) is 0. The fraction of sp³-hybridized carbons (Fsp3) is 0.333. The van der Waals surface area contributed by atoms with Gasteiger partial charge < -0.3 is 11.5 Å². The van der Waals surface area contributed by atoms with Gasteiger partial charge in [0.15, 0.2) is 5.78 Å². The van der Waals surface area contributed by atoms with Gasteiger partial charge in [-0.1, -0.05) is 0 Å². The molecule has 1 rings (SSSR count). The van der Waals surface area contributed by atoms with Gasteiger partial charge in [0.25, 0.3) is 0 Å². The third-order valence-corrected chi connectivity index (χ3v) is 1.68. The molecule has 0 aliphatic rings. The number of ketones is 1. The molecule has 0 amide bonds. The number of anilines is 1. The maximum absolute atomic E-state index is 11.6. The van der Waals surface area contributed by atoms with Crippen molar-refractivity contribution in [2.45, 2.75) is 19.4 Å². The van der Waals surface area contributed by atoms with E-state index in [0.29, 0.717) is 11.3 Å². The zero-order chi connectivity index (χ0) is 10.1. The van der Waals surface area contributed by atoms with Gasteiger partial charge in [-0.15, -0.1) is 0 Å². The van der Waals surface area contributed by atoms with Crippen LogP contribution in [0.1, 0.15) is 24.2 Å². The van der Waals surface area contributed by atoms with Crippen LogP contribution in [0.3, 0.4) is 0 Å². The van der Waals surface area contributed by atoms with Crippen molar-refractivity contribution in [3.8, 4) is 0 Å². The predicted molar refractivity (Wildman–Crippen MR) is 51.2 cm³/mol. The Balaban J connectivity index is 3.10. The molecule has 70 valence electrons. The molecule has 0 aromatic carbocycles. The summed E-state index contributed by atoms with van der Waals surface area (Å²) in [5.41, 5.74) is 11.1. The van der Waals surface area contributed by atoms with Gasteiger partial charge in [-0.2, -0.15) is 0 Å². The van der Waals surface area contributed by atoms with E-state index in [1.165, 1.54) is 12.4 Å². The van der Waals surface area contributed by atoms with Gasteiger partial charge >= 0.3 is 0 Å². The van der Waals surface area contributed by atoms with Crippen LogP contribution in [0.2, 0.25) is 0 Å². The fourth-order valence-electron chi connectivity index (χ4n) is 0.942. The number of hydrogen-bond acceptors (Lipinski definition) is 4. The molecule has 0 aliphatic carbocycles. The SMILES string of the molecule is CC(C)(N)C(=O)c1cnccc1N. The third kappa shape index (κ3) is 2.03. The first-order chi connectivity index (χ1) is 5.93. The lowest BCUT2D eigenvalue weighted by atomic mass is 9.95. The molecule has 4 nitrogen and oxygen atoms in total. The third-order valence-electron chi connectivity index (χ3n) is 1.68. The Labute approximate surface area is 77.0 Å². The van der Waals surface area contributed by atoms with E-state index in [4.69, 9.17) is 11.5 Å². The van der Waals surface area contributed by atoms with E-state index in [0.717, 1.165) is 0 Å². The van der Waals surface area contributed by atoms with Crippen LogP contribution in [-0.4, -0.2) is 16.3 Å². The average Bonchev–Trinajstić information content (AvgIpc) is 2.02. The summed E-state index contributed by atoms with van der Waals surface area (Å²) >= 11 is 0. The summed E-state index contributed by atoms with van der Waals surface area (Å²) in [6.07, 6.45) is 2.97. The highest BCUT2D eigenvalue weighted by atomic mass is 16.1. The molecule has 4 N–H and O–H groups in total. The molecular formula is C9H13N3O. The van der Waals surface area contributed by atoms with Crippen LogP contribution < -0.4 is 11.5 Å².